The summed E-state index contributed by atoms with van der Waals surface area (Å²) in [6, 6.07) is 3.41. The SMILES string of the molecule is CCC(CC)Oc1c(Br)cc(C=O)cc1OC. The molecule has 0 heterocycles. The van der Waals surface area contributed by atoms with Gasteiger partial charge in [0.2, 0.25) is 0 Å². The maximum atomic E-state index is 10.8. The van der Waals surface area contributed by atoms with Crippen LogP contribution in [-0.4, -0.2) is 19.5 Å². The molecule has 0 fully saturated rings. The van der Waals surface area contributed by atoms with Crippen molar-refractivity contribution in [2.45, 2.75) is 32.8 Å². The zero-order valence-electron chi connectivity index (χ0n) is 10.3. The van der Waals surface area contributed by atoms with Crippen LogP contribution in [-0.2, 0) is 0 Å². The van der Waals surface area contributed by atoms with Gasteiger partial charge in [-0.1, -0.05) is 13.8 Å². The lowest BCUT2D eigenvalue weighted by Crippen LogP contribution is -2.14. The van der Waals surface area contributed by atoms with Gasteiger partial charge in [-0.25, -0.2) is 0 Å². The molecule has 0 aliphatic rings. The third-order valence-electron chi connectivity index (χ3n) is 2.58. The molecule has 94 valence electrons. The molecule has 0 bridgehead atoms. The van der Waals surface area contributed by atoms with Crippen LogP contribution in [0.25, 0.3) is 0 Å². The first-order valence-corrected chi connectivity index (χ1v) is 6.44. The number of carbonyl (C=O) groups is 1. The highest BCUT2D eigenvalue weighted by atomic mass is 79.9. The van der Waals surface area contributed by atoms with E-state index < -0.39 is 0 Å². The van der Waals surface area contributed by atoms with E-state index in [0.717, 1.165) is 23.6 Å². The summed E-state index contributed by atoms with van der Waals surface area (Å²) in [7, 11) is 1.57. The third kappa shape index (κ3) is 3.46. The van der Waals surface area contributed by atoms with Crippen molar-refractivity contribution in [2.24, 2.45) is 0 Å². The molecule has 0 saturated heterocycles. The molecule has 1 rings (SSSR count). The van der Waals surface area contributed by atoms with Crippen LogP contribution in [0.15, 0.2) is 16.6 Å². The van der Waals surface area contributed by atoms with Crippen molar-refractivity contribution in [3.63, 3.8) is 0 Å². The lowest BCUT2D eigenvalue weighted by atomic mass is 10.2. The molecule has 0 amide bonds. The molecular formula is C13H17BrO3. The zero-order chi connectivity index (χ0) is 12.8. The first kappa shape index (κ1) is 14.0. The minimum Gasteiger partial charge on any atom is -0.493 e. The van der Waals surface area contributed by atoms with E-state index >= 15 is 0 Å². The smallest absolute Gasteiger partial charge is 0.175 e. The van der Waals surface area contributed by atoms with Crippen LogP contribution < -0.4 is 9.47 Å². The lowest BCUT2D eigenvalue weighted by Gasteiger charge is -2.19. The van der Waals surface area contributed by atoms with Crippen molar-refractivity contribution in [2.75, 3.05) is 7.11 Å². The Bertz CT molecular complexity index is 386. The van der Waals surface area contributed by atoms with Crippen molar-refractivity contribution in [1.29, 1.82) is 0 Å². The summed E-state index contributed by atoms with van der Waals surface area (Å²) in [6.45, 7) is 4.16. The number of ether oxygens (including phenoxy) is 2. The average Bonchev–Trinajstić information content (AvgIpc) is 2.36. The molecule has 0 saturated carbocycles. The van der Waals surface area contributed by atoms with E-state index in [9.17, 15) is 4.79 Å². The van der Waals surface area contributed by atoms with Crippen molar-refractivity contribution in [1.82, 2.24) is 0 Å². The van der Waals surface area contributed by atoms with E-state index in [4.69, 9.17) is 9.47 Å². The van der Waals surface area contributed by atoms with Crippen LogP contribution in [0.5, 0.6) is 11.5 Å². The van der Waals surface area contributed by atoms with Gasteiger partial charge in [-0.3, -0.25) is 4.79 Å². The molecule has 3 nitrogen and oxygen atoms in total. The molecule has 0 atom stereocenters. The second kappa shape index (κ2) is 6.64. The molecule has 4 heteroatoms. The standard InChI is InChI=1S/C13H17BrO3/c1-4-10(5-2)17-13-11(14)6-9(8-15)7-12(13)16-3/h6-8,10H,4-5H2,1-3H3. The molecule has 0 aliphatic carbocycles. The van der Waals surface area contributed by atoms with Gasteiger partial charge in [0, 0.05) is 5.56 Å². The minimum atomic E-state index is 0.155. The summed E-state index contributed by atoms with van der Waals surface area (Å²) in [5.41, 5.74) is 0.561. The molecule has 0 N–H and O–H groups in total. The monoisotopic (exact) mass is 300 g/mol. The Kier molecular flexibility index (Phi) is 5.48. The minimum absolute atomic E-state index is 0.155. The van der Waals surface area contributed by atoms with E-state index in [2.05, 4.69) is 29.8 Å². The van der Waals surface area contributed by atoms with Crippen LogP contribution in [0.4, 0.5) is 0 Å². The molecule has 0 aliphatic heterocycles. The van der Waals surface area contributed by atoms with Gasteiger partial charge < -0.3 is 9.47 Å². The van der Waals surface area contributed by atoms with Crippen molar-refractivity contribution in [3.05, 3.63) is 22.2 Å². The number of hydrogen-bond donors (Lipinski definition) is 0. The van der Waals surface area contributed by atoms with Crippen molar-refractivity contribution in [3.8, 4) is 11.5 Å². The fourth-order valence-electron chi connectivity index (χ4n) is 1.54. The summed E-state index contributed by atoms with van der Waals surface area (Å²) in [4.78, 5) is 10.8. The molecule has 0 unspecified atom stereocenters. The number of methoxy groups -OCH3 is 1. The second-order valence-corrected chi connectivity index (χ2v) is 4.56. The van der Waals surface area contributed by atoms with Crippen LogP contribution in [0.1, 0.15) is 37.0 Å². The fourth-order valence-corrected chi connectivity index (χ4v) is 2.10. The number of rotatable bonds is 6. The zero-order valence-corrected chi connectivity index (χ0v) is 11.9. The maximum absolute atomic E-state index is 10.8. The van der Waals surface area contributed by atoms with Gasteiger partial charge in [0.1, 0.15) is 6.29 Å². The molecule has 0 radical (unpaired) electrons. The summed E-state index contributed by atoms with van der Waals surface area (Å²) in [5.74, 6) is 1.24. The first-order valence-electron chi connectivity index (χ1n) is 5.65. The van der Waals surface area contributed by atoms with E-state index in [1.54, 1.807) is 19.2 Å². The van der Waals surface area contributed by atoms with Crippen LogP contribution in [0.2, 0.25) is 0 Å². The number of benzene rings is 1. The molecule has 1 aromatic carbocycles. The Morgan fingerprint density at radius 3 is 2.47 bits per heavy atom. The number of carbonyl (C=O) groups excluding carboxylic acids is 1. The maximum Gasteiger partial charge on any atom is 0.175 e. The highest BCUT2D eigenvalue weighted by Crippen LogP contribution is 2.37. The van der Waals surface area contributed by atoms with Crippen LogP contribution >= 0.6 is 15.9 Å². The molecule has 0 aromatic heterocycles. The fraction of sp³-hybridized carbons (Fsp3) is 0.462. The van der Waals surface area contributed by atoms with E-state index in [0.29, 0.717) is 17.1 Å². The van der Waals surface area contributed by atoms with Gasteiger partial charge in [0.05, 0.1) is 17.7 Å². The number of aldehydes is 1. The Hall–Kier alpha value is -1.03. The highest BCUT2D eigenvalue weighted by molar-refractivity contribution is 9.10. The summed E-state index contributed by atoms with van der Waals surface area (Å²) >= 11 is 3.40. The molecule has 1 aromatic rings. The van der Waals surface area contributed by atoms with Gasteiger partial charge in [-0.2, -0.15) is 0 Å². The highest BCUT2D eigenvalue weighted by Gasteiger charge is 2.15. The van der Waals surface area contributed by atoms with Crippen LogP contribution in [0.3, 0.4) is 0 Å². The van der Waals surface area contributed by atoms with E-state index in [1.807, 2.05) is 0 Å². The number of halogens is 1. The van der Waals surface area contributed by atoms with Crippen molar-refractivity contribution < 1.29 is 14.3 Å². The lowest BCUT2D eigenvalue weighted by molar-refractivity contribution is 0.112. The Labute approximate surface area is 110 Å². The largest absolute Gasteiger partial charge is 0.493 e. The van der Waals surface area contributed by atoms with Gasteiger partial charge in [-0.05, 0) is 40.9 Å². The third-order valence-corrected chi connectivity index (χ3v) is 3.17. The second-order valence-electron chi connectivity index (χ2n) is 3.71. The van der Waals surface area contributed by atoms with Gasteiger partial charge in [0.15, 0.2) is 11.5 Å². The van der Waals surface area contributed by atoms with Crippen molar-refractivity contribution >= 4 is 22.2 Å². The molecular weight excluding hydrogens is 284 g/mol. The summed E-state index contributed by atoms with van der Waals surface area (Å²) < 4.78 is 11.9. The predicted octanol–water partition coefficient (Wildman–Crippen LogP) is 3.84. The summed E-state index contributed by atoms with van der Waals surface area (Å²) in [6.07, 6.45) is 2.80. The van der Waals surface area contributed by atoms with E-state index in [-0.39, 0.29) is 6.10 Å². The average molecular weight is 301 g/mol. The Morgan fingerprint density at radius 1 is 1.35 bits per heavy atom. The molecule has 0 spiro atoms. The quantitative estimate of drug-likeness (QED) is 0.749. The normalized spacial score (nSPS) is 10.4. The van der Waals surface area contributed by atoms with E-state index in [1.165, 1.54) is 0 Å². The molecule has 17 heavy (non-hydrogen) atoms. The summed E-state index contributed by atoms with van der Waals surface area (Å²) in [5, 5.41) is 0. The van der Waals surface area contributed by atoms with Gasteiger partial charge in [0.25, 0.3) is 0 Å². The van der Waals surface area contributed by atoms with Gasteiger partial charge >= 0.3 is 0 Å². The van der Waals surface area contributed by atoms with Crippen LogP contribution in [0, 0.1) is 0 Å². The number of hydrogen-bond acceptors (Lipinski definition) is 3. The topological polar surface area (TPSA) is 35.5 Å². The Balaban J connectivity index is 3.08. The first-order chi connectivity index (χ1) is 8.15. The predicted molar refractivity (Wildman–Crippen MR) is 71.1 cm³/mol. The Morgan fingerprint density at radius 2 is 2.00 bits per heavy atom. The van der Waals surface area contributed by atoms with Gasteiger partial charge in [-0.15, -0.1) is 0 Å².